The van der Waals surface area contributed by atoms with Gasteiger partial charge in [0.2, 0.25) is 0 Å². The van der Waals surface area contributed by atoms with Crippen LogP contribution in [0.2, 0.25) is 0 Å². The first-order chi connectivity index (χ1) is 8.27. The first-order valence-corrected chi connectivity index (χ1v) is 5.32. The van der Waals surface area contributed by atoms with Gasteiger partial charge in [-0.2, -0.15) is 0 Å². The van der Waals surface area contributed by atoms with Crippen LogP contribution in [0.4, 0.5) is 0 Å². The Morgan fingerprint density at radius 2 is 1.88 bits per heavy atom. The molecule has 0 bridgehead atoms. The fourth-order valence-electron chi connectivity index (χ4n) is 2.00. The molecule has 0 fully saturated rings. The van der Waals surface area contributed by atoms with Gasteiger partial charge in [-0.1, -0.05) is 18.2 Å². The molecule has 3 rings (SSSR count). The van der Waals surface area contributed by atoms with Gasteiger partial charge in [0.25, 0.3) is 11.8 Å². The van der Waals surface area contributed by atoms with E-state index in [0.717, 1.165) is 10.9 Å². The zero-order valence-electron chi connectivity index (χ0n) is 9.29. The molecule has 0 N–H and O–H groups in total. The predicted molar refractivity (Wildman–Crippen MR) is 63.2 cm³/mol. The quantitative estimate of drug-likeness (QED) is 0.751. The summed E-state index contributed by atoms with van der Waals surface area (Å²) in [6.07, 6.45) is 2.26. The fraction of sp³-hybridized carbons (Fsp3) is 0.154. The van der Waals surface area contributed by atoms with Crippen LogP contribution >= 0.6 is 0 Å². The van der Waals surface area contributed by atoms with Gasteiger partial charge >= 0.3 is 0 Å². The smallest absolute Gasteiger partial charge is 0.271 e. The van der Waals surface area contributed by atoms with Crippen molar-refractivity contribution >= 4 is 10.9 Å². The molecule has 1 aromatic carbocycles. The summed E-state index contributed by atoms with van der Waals surface area (Å²) in [5.41, 5.74) is 1.31. The molecule has 1 aromatic heterocycles. The van der Waals surface area contributed by atoms with E-state index in [0.29, 0.717) is 5.56 Å². The molecule has 1 aliphatic heterocycles. The molecule has 0 spiro atoms. The van der Waals surface area contributed by atoms with E-state index >= 15 is 0 Å². The average molecular weight is 229 g/mol. The zero-order chi connectivity index (χ0) is 11.8. The predicted octanol–water partition coefficient (Wildman–Crippen LogP) is 2.06. The molecular formula is C13H11NO3. The highest BCUT2D eigenvalue weighted by atomic mass is 16.7. The van der Waals surface area contributed by atoms with Crippen molar-refractivity contribution in [2.45, 2.75) is 6.29 Å². The monoisotopic (exact) mass is 229 g/mol. The molecule has 4 heteroatoms. The minimum Gasteiger partial charge on any atom is -0.455 e. The van der Waals surface area contributed by atoms with Gasteiger partial charge < -0.3 is 14.0 Å². The van der Waals surface area contributed by atoms with Crippen LogP contribution in [0.25, 0.3) is 10.9 Å². The van der Waals surface area contributed by atoms with Crippen molar-refractivity contribution in [1.29, 1.82) is 0 Å². The minimum absolute atomic E-state index is 0.0996. The Balaban J connectivity index is 2.26. The summed E-state index contributed by atoms with van der Waals surface area (Å²) < 4.78 is 12.0. The summed E-state index contributed by atoms with van der Waals surface area (Å²) in [5.74, 6) is 0. The first kappa shape index (κ1) is 9.96. The normalized spacial score (nSPS) is 14.9. The van der Waals surface area contributed by atoms with Crippen molar-refractivity contribution in [1.82, 2.24) is 4.57 Å². The Morgan fingerprint density at radius 3 is 2.65 bits per heavy atom. The number of nitrogens with zero attached hydrogens (tertiary/aromatic N) is 1. The molecule has 2 aromatic rings. The Morgan fingerprint density at radius 1 is 1.18 bits per heavy atom. The van der Waals surface area contributed by atoms with Crippen molar-refractivity contribution in [3.8, 4) is 0 Å². The number of benzene rings is 1. The van der Waals surface area contributed by atoms with Crippen LogP contribution in [0.1, 0.15) is 11.9 Å². The van der Waals surface area contributed by atoms with E-state index in [-0.39, 0.29) is 5.56 Å². The molecule has 17 heavy (non-hydrogen) atoms. The Kier molecular flexibility index (Phi) is 2.14. The number of ether oxygens (including phenoxy) is 2. The lowest BCUT2D eigenvalue weighted by Gasteiger charge is -2.13. The summed E-state index contributed by atoms with van der Waals surface area (Å²) in [7, 11) is 1.75. The van der Waals surface area contributed by atoms with Crippen LogP contribution in [-0.4, -0.2) is 4.57 Å². The lowest BCUT2D eigenvalue weighted by molar-refractivity contribution is -0.0257. The van der Waals surface area contributed by atoms with E-state index in [9.17, 15) is 4.79 Å². The third-order valence-electron chi connectivity index (χ3n) is 2.87. The van der Waals surface area contributed by atoms with Crippen LogP contribution < -0.4 is 5.56 Å². The van der Waals surface area contributed by atoms with Crippen molar-refractivity contribution in [2.75, 3.05) is 0 Å². The molecule has 0 atom stereocenters. The number of para-hydroxylation sites is 1. The molecule has 0 saturated heterocycles. The highest BCUT2D eigenvalue weighted by Gasteiger charge is 2.20. The Bertz CT molecular complexity index is 649. The van der Waals surface area contributed by atoms with Gasteiger partial charge in [-0.25, -0.2) is 0 Å². The van der Waals surface area contributed by atoms with E-state index in [1.807, 2.05) is 30.3 Å². The molecule has 4 nitrogen and oxygen atoms in total. The maximum Gasteiger partial charge on any atom is 0.271 e. The van der Waals surface area contributed by atoms with Crippen molar-refractivity contribution in [3.63, 3.8) is 0 Å². The maximum absolute atomic E-state index is 12.1. The third kappa shape index (κ3) is 1.49. The molecule has 1 aliphatic rings. The van der Waals surface area contributed by atoms with E-state index in [2.05, 4.69) is 0 Å². The van der Waals surface area contributed by atoms with Gasteiger partial charge in [0.05, 0.1) is 11.1 Å². The van der Waals surface area contributed by atoms with Gasteiger partial charge in [-0.05, 0) is 17.5 Å². The second-order valence-electron chi connectivity index (χ2n) is 3.90. The van der Waals surface area contributed by atoms with E-state index in [4.69, 9.17) is 9.47 Å². The number of pyridine rings is 1. The summed E-state index contributed by atoms with van der Waals surface area (Å²) in [6, 6.07) is 9.53. The van der Waals surface area contributed by atoms with E-state index in [1.165, 1.54) is 12.5 Å². The highest BCUT2D eigenvalue weighted by molar-refractivity contribution is 5.79. The lowest BCUT2D eigenvalue weighted by atomic mass is 10.1. The van der Waals surface area contributed by atoms with Crippen LogP contribution in [0.5, 0.6) is 0 Å². The lowest BCUT2D eigenvalue weighted by Crippen LogP contribution is -2.23. The molecule has 0 radical (unpaired) electrons. The molecule has 0 aliphatic carbocycles. The SMILES string of the molecule is Cn1c(=O)c(C2OC=CO2)cc2ccccc21. The molecule has 0 unspecified atom stereocenters. The van der Waals surface area contributed by atoms with Crippen molar-refractivity contribution in [3.05, 3.63) is 58.8 Å². The average Bonchev–Trinajstić information content (AvgIpc) is 2.87. The van der Waals surface area contributed by atoms with Gasteiger partial charge in [-0.3, -0.25) is 4.79 Å². The largest absolute Gasteiger partial charge is 0.455 e. The maximum atomic E-state index is 12.1. The second-order valence-corrected chi connectivity index (χ2v) is 3.90. The van der Waals surface area contributed by atoms with Crippen LogP contribution in [-0.2, 0) is 16.5 Å². The van der Waals surface area contributed by atoms with Crippen LogP contribution in [0.15, 0.2) is 47.7 Å². The number of aromatic nitrogens is 1. The summed E-state index contributed by atoms with van der Waals surface area (Å²) in [6.45, 7) is 0. The minimum atomic E-state index is -0.627. The Labute approximate surface area is 97.7 Å². The van der Waals surface area contributed by atoms with Crippen molar-refractivity contribution < 1.29 is 9.47 Å². The highest BCUT2D eigenvalue weighted by Crippen LogP contribution is 2.23. The zero-order valence-corrected chi connectivity index (χ0v) is 9.29. The van der Waals surface area contributed by atoms with Gasteiger partial charge in [0, 0.05) is 7.05 Å². The standard InChI is InChI=1S/C13H11NO3/c1-14-11-5-3-2-4-9(11)8-10(12(14)15)13-16-6-7-17-13/h2-8,13H,1H3. The first-order valence-electron chi connectivity index (χ1n) is 5.32. The topological polar surface area (TPSA) is 40.5 Å². The number of hydrogen-bond acceptors (Lipinski definition) is 3. The molecule has 0 amide bonds. The molecular weight excluding hydrogens is 218 g/mol. The number of aryl methyl sites for hydroxylation is 1. The number of rotatable bonds is 1. The van der Waals surface area contributed by atoms with Crippen molar-refractivity contribution in [2.24, 2.45) is 7.05 Å². The second kappa shape index (κ2) is 3.66. The number of fused-ring (bicyclic) bond motifs is 1. The summed E-state index contributed by atoms with van der Waals surface area (Å²) in [4.78, 5) is 12.1. The molecule has 86 valence electrons. The third-order valence-corrected chi connectivity index (χ3v) is 2.87. The Hall–Kier alpha value is -2.23. The molecule has 0 saturated carbocycles. The van der Waals surface area contributed by atoms with E-state index < -0.39 is 6.29 Å². The van der Waals surface area contributed by atoms with Crippen LogP contribution in [0, 0.1) is 0 Å². The number of hydrogen-bond donors (Lipinski definition) is 0. The van der Waals surface area contributed by atoms with Gasteiger partial charge in [0.1, 0.15) is 12.5 Å². The molecule has 2 heterocycles. The summed E-state index contributed by atoms with van der Waals surface area (Å²) >= 11 is 0. The summed E-state index contributed by atoms with van der Waals surface area (Å²) in [5, 5.41) is 0.990. The van der Waals surface area contributed by atoms with E-state index in [1.54, 1.807) is 11.6 Å². The fourth-order valence-corrected chi connectivity index (χ4v) is 2.00. The van der Waals surface area contributed by atoms with Gasteiger partial charge in [-0.15, -0.1) is 0 Å². The van der Waals surface area contributed by atoms with Gasteiger partial charge in [0.15, 0.2) is 0 Å². The van der Waals surface area contributed by atoms with Crippen LogP contribution in [0.3, 0.4) is 0 Å².